The third-order valence-electron chi connectivity index (χ3n) is 4.77. The summed E-state index contributed by atoms with van der Waals surface area (Å²) in [7, 11) is 0. The van der Waals surface area contributed by atoms with Crippen LogP contribution in [0, 0.1) is 0 Å². The van der Waals surface area contributed by atoms with Crippen LogP contribution in [0.5, 0.6) is 0 Å². The van der Waals surface area contributed by atoms with Crippen LogP contribution in [0.2, 0.25) is 0 Å². The molecule has 1 saturated heterocycles. The van der Waals surface area contributed by atoms with Gasteiger partial charge in [0.25, 0.3) is 5.92 Å². The molecule has 7 heteroatoms. The fraction of sp³-hybridized carbons (Fsp3) is 0.350. The highest BCUT2D eigenvalue weighted by Crippen LogP contribution is 2.32. The first-order valence-corrected chi connectivity index (χ1v) is 8.97. The van der Waals surface area contributed by atoms with Gasteiger partial charge in [-0.15, -0.1) is 10.2 Å². The van der Waals surface area contributed by atoms with E-state index in [-0.39, 0.29) is 11.7 Å². The van der Waals surface area contributed by atoms with Crippen molar-refractivity contribution in [3.63, 3.8) is 0 Å². The lowest BCUT2D eigenvalue weighted by molar-refractivity contribution is 0.0175. The highest BCUT2D eigenvalue weighted by molar-refractivity contribution is 5.99. The molecule has 27 heavy (non-hydrogen) atoms. The summed E-state index contributed by atoms with van der Waals surface area (Å²) >= 11 is 0. The lowest BCUT2D eigenvalue weighted by Gasteiger charge is -2.14. The molecule has 0 aliphatic carbocycles. The lowest BCUT2D eigenvalue weighted by Crippen LogP contribution is -2.19. The summed E-state index contributed by atoms with van der Waals surface area (Å²) in [5, 5.41) is 13.7. The summed E-state index contributed by atoms with van der Waals surface area (Å²) in [5.41, 5.74) is 1.35. The molecule has 3 aromatic rings. The Morgan fingerprint density at radius 3 is 2.67 bits per heavy atom. The Bertz CT molecular complexity index is 935. The number of nitrogens with one attached hydrogen (secondary N) is 1. The maximum Gasteiger partial charge on any atom is 0.270 e. The number of hydrogen-bond acceptors (Lipinski definition) is 5. The van der Waals surface area contributed by atoms with E-state index in [0.717, 1.165) is 42.7 Å². The van der Waals surface area contributed by atoms with Crippen LogP contribution in [-0.4, -0.2) is 34.4 Å². The Hall–Kier alpha value is -2.67. The average Bonchev–Trinajstić information content (AvgIpc) is 3.19. The zero-order valence-corrected chi connectivity index (χ0v) is 15.0. The second-order valence-electron chi connectivity index (χ2n) is 6.80. The number of anilines is 1. The number of pyridine rings is 1. The SMILES string of the molecule is CC(F)(F)c1ccc(-c2nnc(NC[C@H]3CCCO3)c3cnccc23)cc1. The molecule has 0 spiro atoms. The minimum Gasteiger partial charge on any atom is -0.376 e. The smallest absolute Gasteiger partial charge is 0.270 e. The van der Waals surface area contributed by atoms with Gasteiger partial charge in [-0.05, 0) is 18.9 Å². The molecule has 4 rings (SSSR count). The summed E-state index contributed by atoms with van der Waals surface area (Å²) in [6.45, 7) is 2.35. The molecule has 1 atom stereocenters. The maximum atomic E-state index is 13.5. The number of rotatable bonds is 5. The minimum absolute atomic E-state index is 0.0277. The van der Waals surface area contributed by atoms with Crippen molar-refractivity contribution in [2.24, 2.45) is 0 Å². The number of halogens is 2. The molecule has 1 fully saturated rings. The molecule has 1 aliphatic heterocycles. The number of nitrogens with zero attached hydrogens (tertiary/aromatic N) is 3. The van der Waals surface area contributed by atoms with Gasteiger partial charge in [0.1, 0.15) is 5.69 Å². The number of aromatic nitrogens is 3. The van der Waals surface area contributed by atoms with E-state index in [1.54, 1.807) is 24.5 Å². The zero-order valence-electron chi connectivity index (χ0n) is 15.0. The van der Waals surface area contributed by atoms with E-state index in [9.17, 15) is 8.78 Å². The van der Waals surface area contributed by atoms with E-state index in [1.165, 1.54) is 12.1 Å². The molecule has 5 nitrogen and oxygen atoms in total. The maximum absolute atomic E-state index is 13.5. The highest BCUT2D eigenvalue weighted by Gasteiger charge is 2.24. The predicted molar refractivity (Wildman–Crippen MR) is 99.8 cm³/mol. The Morgan fingerprint density at radius 1 is 1.15 bits per heavy atom. The summed E-state index contributed by atoms with van der Waals surface area (Å²) in [6.07, 6.45) is 5.71. The molecular weight excluding hydrogens is 350 g/mol. The molecule has 0 unspecified atom stereocenters. The second-order valence-corrected chi connectivity index (χ2v) is 6.80. The van der Waals surface area contributed by atoms with Gasteiger partial charge >= 0.3 is 0 Å². The van der Waals surface area contributed by atoms with Gasteiger partial charge in [-0.25, -0.2) is 8.78 Å². The summed E-state index contributed by atoms with van der Waals surface area (Å²) < 4.78 is 32.5. The van der Waals surface area contributed by atoms with E-state index in [2.05, 4.69) is 20.5 Å². The van der Waals surface area contributed by atoms with Crippen molar-refractivity contribution in [1.29, 1.82) is 0 Å². The first-order chi connectivity index (χ1) is 13.0. The van der Waals surface area contributed by atoms with E-state index in [0.29, 0.717) is 18.1 Å². The van der Waals surface area contributed by atoms with E-state index < -0.39 is 5.92 Å². The van der Waals surface area contributed by atoms with E-state index in [1.807, 2.05) is 6.07 Å². The van der Waals surface area contributed by atoms with Crippen LogP contribution >= 0.6 is 0 Å². The standard InChI is InChI=1S/C20H20F2N4O/c1-20(21,22)14-6-4-13(5-7-14)18-16-8-9-23-12-17(16)19(26-25-18)24-11-15-3-2-10-27-15/h4-9,12,15H,2-3,10-11H2,1H3,(H,24,26)/t15-/m1/s1. The Labute approximate surface area is 155 Å². The Morgan fingerprint density at radius 2 is 1.96 bits per heavy atom. The van der Waals surface area contributed by atoms with Gasteiger partial charge < -0.3 is 10.1 Å². The van der Waals surface area contributed by atoms with E-state index >= 15 is 0 Å². The number of benzene rings is 1. The average molecular weight is 370 g/mol. The lowest BCUT2D eigenvalue weighted by atomic mass is 10.0. The van der Waals surface area contributed by atoms with Crippen LogP contribution in [0.4, 0.5) is 14.6 Å². The predicted octanol–water partition coefficient (Wildman–Crippen LogP) is 4.39. The van der Waals surface area contributed by atoms with Gasteiger partial charge in [0.2, 0.25) is 0 Å². The van der Waals surface area contributed by atoms with Gasteiger partial charge in [0.15, 0.2) is 5.82 Å². The van der Waals surface area contributed by atoms with Gasteiger partial charge in [-0.3, -0.25) is 4.98 Å². The van der Waals surface area contributed by atoms with Crippen molar-refractivity contribution in [2.45, 2.75) is 31.8 Å². The van der Waals surface area contributed by atoms with Crippen LogP contribution in [0.3, 0.4) is 0 Å². The van der Waals surface area contributed by atoms with Crippen molar-refractivity contribution >= 4 is 16.6 Å². The Kier molecular flexibility index (Phi) is 4.70. The fourth-order valence-electron chi connectivity index (χ4n) is 3.28. The van der Waals surface area contributed by atoms with Gasteiger partial charge in [0.05, 0.1) is 6.10 Å². The quantitative estimate of drug-likeness (QED) is 0.722. The second kappa shape index (κ2) is 7.15. The van der Waals surface area contributed by atoms with Gasteiger partial charge in [0, 0.05) is 54.4 Å². The molecule has 140 valence electrons. The minimum atomic E-state index is -2.87. The van der Waals surface area contributed by atoms with Gasteiger partial charge in [-0.2, -0.15) is 0 Å². The Balaban J connectivity index is 1.67. The van der Waals surface area contributed by atoms with Crippen LogP contribution in [0.25, 0.3) is 22.0 Å². The molecule has 1 aromatic carbocycles. The van der Waals surface area contributed by atoms with Gasteiger partial charge in [-0.1, -0.05) is 24.3 Å². The normalized spacial score (nSPS) is 17.4. The van der Waals surface area contributed by atoms with Crippen molar-refractivity contribution in [3.05, 3.63) is 48.3 Å². The third kappa shape index (κ3) is 3.73. The molecule has 0 amide bonds. The van der Waals surface area contributed by atoms with Crippen molar-refractivity contribution in [1.82, 2.24) is 15.2 Å². The topological polar surface area (TPSA) is 59.9 Å². The zero-order chi connectivity index (χ0) is 18.9. The summed E-state index contributed by atoms with van der Waals surface area (Å²) in [6, 6.07) is 8.01. The highest BCUT2D eigenvalue weighted by atomic mass is 19.3. The number of ether oxygens (including phenoxy) is 1. The molecular formula is C20H20F2N4O. The number of hydrogen-bond donors (Lipinski definition) is 1. The van der Waals surface area contributed by atoms with E-state index in [4.69, 9.17) is 4.74 Å². The molecule has 0 saturated carbocycles. The van der Waals surface area contributed by atoms with Crippen LogP contribution < -0.4 is 5.32 Å². The number of alkyl halides is 2. The fourth-order valence-corrected chi connectivity index (χ4v) is 3.28. The molecule has 3 heterocycles. The van der Waals surface area contributed by atoms with Crippen molar-refractivity contribution < 1.29 is 13.5 Å². The van der Waals surface area contributed by atoms with Crippen LogP contribution in [0.1, 0.15) is 25.3 Å². The van der Waals surface area contributed by atoms with Crippen LogP contribution in [0.15, 0.2) is 42.7 Å². The monoisotopic (exact) mass is 370 g/mol. The summed E-state index contributed by atoms with van der Waals surface area (Å²) in [5.74, 6) is -2.22. The molecule has 0 radical (unpaired) electrons. The van der Waals surface area contributed by atoms with Crippen LogP contribution in [-0.2, 0) is 10.7 Å². The summed E-state index contributed by atoms with van der Waals surface area (Å²) in [4.78, 5) is 4.20. The number of fused-ring (bicyclic) bond motifs is 1. The molecule has 1 N–H and O–H groups in total. The largest absolute Gasteiger partial charge is 0.376 e. The van der Waals surface area contributed by atoms with Crippen molar-refractivity contribution in [2.75, 3.05) is 18.5 Å². The first kappa shape index (κ1) is 17.7. The molecule has 1 aliphatic rings. The first-order valence-electron chi connectivity index (χ1n) is 8.97. The van der Waals surface area contributed by atoms with Crippen molar-refractivity contribution in [3.8, 4) is 11.3 Å². The third-order valence-corrected chi connectivity index (χ3v) is 4.77. The molecule has 0 bridgehead atoms. The molecule has 2 aromatic heterocycles.